The van der Waals surface area contributed by atoms with E-state index in [4.69, 9.17) is 11.7 Å². The van der Waals surface area contributed by atoms with Gasteiger partial charge in [-0.1, -0.05) is 48.5 Å². The number of hydrogen-bond acceptors (Lipinski definition) is 4. The average molecular weight is 290 g/mol. The van der Waals surface area contributed by atoms with Gasteiger partial charge in [0.2, 0.25) is 0 Å². The molecule has 0 bridgehead atoms. The summed E-state index contributed by atoms with van der Waals surface area (Å²) in [4.78, 5) is 0. The van der Waals surface area contributed by atoms with Crippen LogP contribution in [0.15, 0.2) is 72.8 Å². The Kier molecular flexibility index (Phi) is 4.05. The van der Waals surface area contributed by atoms with E-state index in [0.29, 0.717) is 0 Å². The predicted molar refractivity (Wildman–Crippen MR) is 92.9 cm³/mol. The number of benzene rings is 3. The third-order valence-corrected chi connectivity index (χ3v) is 3.65. The molecule has 0 heterocycles. The Hall–Kier alpha value is -2.82. The Morgan fingerprint density at radius 1 is 0.500 bits per heavy atom. The zero-order valence-corrected chi connectivity index (χ0v) is 12.1. The van der Waals surface area contributed by atoms with Crippen LogP contribution in [0.4, 0.5) is 11.4 Å². The second-order valence-corrected chi connectivity index (χ2v) is 4.99. The lowest BCUT2D eigenvalue weighted by Gasteiger charge is -2.11. The summed E-state index contributed by atoms with van der Waals surface area (Å²) in [7, 11) is 0. The summed E-state index contributed by atoms with van der Waals surface area (Å²) in [5.41, 5.74) is 11.7. The minimum atomic E-state index is 0.889. The minimum absolute atomic E-state index is 0.889. The Balaban J connectivity index is 2.04. The largest absolute Gasteiger partial charge is 0.324 e. The first-order chi connectivity index (χ1) is 10.8. The third kappa shape index (κ3) is 2.79. The van der Waals surface area contributed by atoms with Crippen molar-refractivity contribution in [2.75, 3.05) is 10.9 Å². The Morgan fingerprint density at radius 2 is 0.864 bits per heavy atom. The highest BCUT2D eigenvalue weighted by Crippen LogP contribution is 2.32. The maximum atomic E-state index is 5.42. The molecule has 4 nitrogen and oxygen atoms in total. The van der Waals surface area contributed by atoms with Crippen molar-refractivity contribution < 1.29 is 0 Å². The smallest absolute Gasteiger partial charge is 0.0485 e. The predicted octanol–water partition coefficient (Wildman–Crippen LogP) is 3.59. The van der Waals surface area contributed by atoms with Crippen LogP contribution in [0.25, 0.3) is 22.3 Å². The highest BCUT2D eigenvalue weighted by Gasteiger charge is 2.07. The van der Waals surface area contributed by atoms with Gasteiger partial charge in [-0.15, -0.1) is 0 Å². The first-order valence-electron chi connectivity index (χ1n) is 7.05. The van der Waals surface area contributed by atoms with E-state index in [9.17, 15) is 0 Å². The number of anilines is 2. The molecule has 3 aromatic carbocycles. The van der Waals surface area contributed by atoms with E-state index in [1.54, 1.807) is 0 Å². The number of rotatable bonds is 4. The molecule has 0 saturated carbocycles. The van der Waals surface area contributed by atoms with E-state index in [2.05, 4.69) is 47.2 Å². The highest BCUT2D eigenvalue weighted by atomic mass is 15.2. The SMILES string of the molecule is NNc1ccc(-c2ccccc2-c2ccc(NN)cc2)cc1. The van der Waals surface area contributed by atoms with Crippen molar-refractivity contribution in [3.63, 3.8) is 0 Å². The van der Waals surface area contributed by atoms with Crippen LogP contribution in [-0.2, 0) is 0 Å². The first kappa shape index (κ1) is 14.1. The molecule has 4 heteroatoms. The first-order valence-corrected chi connectivity index (χ1v) is 7.05. The van der Waals surface area contributed by atoms with Gasteiger partial charge < -0.3 is 10.9 Å². The Bertz CT molecular complexity index is 682. The lowest BCUT2D eigenvalue weighted by Crippen LogP contribution is -2.06. The summed E-state index contributed by atoms with van der Waals surface area (Å²) in [6.45, 7) is 0. The molecule has 0 aliphatic rings. The molecule has 0 amide bonds. The van der Waals surface area contributed by atoms with Crippen LogP contribution in [0.5, 0.6) is 0 Å². The molecule has 0 atom stereocenters. The van der Waals surface area contributed by atoms with E-state index in [1.165, 1.54) is 11.1 Å². The van der Waals surface area contributed by atoms with E-state index in [-0.39, 0.29) is 0 Å². The van der Waals surface area contributed by atoms with Crippen LogP contribution in [0.3, 0.4) is 0 Å². The average Bonchev–Trinajstić information content (AvgIpc) is 2.62. The van der Waals surface area contributed by atoms with Gasteiger partial charge in [-0.2, -0.15) is 0 Å². The summed E-state index contributed by atoms with van der Waals surface area (Å²) in [6.07, 6.45) is 0. The summed E-state index contributed by atoms with van der Waals surface area (Å²) < 4.78 is 0. The second kappa shape index (κ2) is 6.30. The van der Waals surface area contributed by atoms with E-state index in [1.807, 2.05) is 36.4 Å². The van der Waals surface area contributed by atoms with Gasteiger partial charge in [-0.05, 0) is 46.5 Å². The Morgan fingerprint density at radius 3 is 1.18 bits per heavy atom. The van der Waals surface area contributed by atoms with Crippen molar-refractivity contribution in [1.29, 1.82) is 0 Å². The van der Waals surface area contributed by atoms with Gasteiger partial charge in [0.25, 0.3) is 0 Å². The molecule has 0 unspecified atom stereocenters. The number of nitrogens with one attached hydrogen (secondary N) is 2. The van der Waals surface area contributed by atoms with Crippen LogP contribution in [0, 0.1) is 0 Å². The maximum Gasteiger partial charge on any atom is 0.0485 e. The van der Waals surface area contributed by atoms with Gasteiger partial charge in [-0.3, -0.25) is 11.7 Å². The highest BCUT2D eigenvalue weighted by molar-refractivity contribution is 5.84. The summed E-state index contributed by atoms with van der Waals surface area (Å²) >= 11 is 0. The quantitative estimate of drug-likeness (QED) is 0.437. The normalized spacial score (nSPS) is 10.3. The molecule has 0 saturated heterocycles. The van der Waals surface area contributed by atoms with Crippen molar-refractivity contribution in [1.82, 2.24) is 0 Å². The van der Waals surface area contributed by atoms with E-state index < -0.39 is 0 Å². The molecule has 0 spiro atoms. The molecule has 110 valence electrons. The van der Waals surface area contributed by atoms with Crippen LogP contribution < -0.4 is 22.5 Å². The molecule has 0 aliphatic carbocycles. The van der Waals surface area contributed by atoms with Gasteiger partial charge in [0, 0.05) is 11.4 Å². The standard InChI is InChI=1S/C18H18N4/c19-21-15-9-5-13(6-10-15)17-3-1-2-4-18(17)14-7-11-16(22-20)12-8-14/h1-12,21-22H,19-20H2. The minimum Gasteiger partial charge on any atom is -0.324 e. The third-order valence-electron chi connectivity index (χ3n) is 3.65. The molecule has 6 N–H and O–H groups in total. The van der Waals surface area contributed by atoms with Crippen LogP contribution >= 0.6 is 0 Å². The zero-order valence-electron chi connectivity index (χ0n) is 12.1. The lowest BCUT2D eigenvalue weighted by molar-refractivity contribution is 1.35. The van der Waals surface area contributed by atoms with Crippen molar-refractivity contribution in [3.8, 4) is 22.3 Å². The molecule has 3 aromatic rings. The summed E-state index contributed by atoms with van der Waals surface area (Å²) in [6, 6.07) is 24.4. The monoisotopic (exact) mass is 290 g/mol. The van der Waals surface area contributed by atoms with Crippen LogP contribution in [-0.4, -0.2) is 0 Å². The fourth-order valence-corrected chi connectivity index (χ4v) is 2.48. The van der Waals surface area contributed by atoms with Gasteiger partial charge in [0.1, 0.15) is 0 Å². The number of hydrazine groups is 2. The second-order valence-electron chi connectivity index (χ2n) is 4.99. The lowest BCUT2D eigenvalue weighted by atomic mass is 9.94. The van der Waals surface area contributed by atoms with E-state index >= 15 is 0 Å². The topological polar surface area (TPSA) is 76.1 Å². The van der Waals surface area contributed by atoms with Gasteiger partial charge in [0.05, 0.1) is 0 Å². The number of nitrogen functional groups attached to an aromatic ring is 2. The van der Waals surface area contributed by atoms with Crippen molar-refractivity contribution >= 4 is 11.4 Å². The number of hydrogen-bond donors (Lipinski definition) is 4. The van der Waals surface area contributed by atoms with Gasteiger partial charge >= 0.3 is 0 Å². The van der Waals surface area contributed by atoms with Crippen molar-refractivity contribution in [3.05, 3.63) is 72.8 Å². The van der Waals surface area contributed by atoms with Gasteiger partial charge in [0.15, 0.2) is 0 Å². The molecular formula is C18H18N4. The van der Waals surface area contributed by atoms with Crippen LogP contribution in [0.2, 0.25) is 0 Å². The maximum absolute atomic E-state index is 5.42. The number of nitrogens with two attached hydrogens (primary N) is 2. The van der Waals surface area contributed by atoms with Crippen molar-refractivity contribution in [2.24, 2.45) is 11.7 Å². The van der Waals surface area contributed by atoms with Crippen molar-refractivity contribution in [2.45, 2.75) is 0 Å². The van der Waals surface area contributed by atoms with E-state index in [0.717, 1.165) is 22.5 Å². The molecular weight excluding hydrogens is 272 g/mol. The summed E-state index contributed by atoms with van der Waals surface area (Å²) in [5.74, 6) is 10.8. The zero-order chi connectivity index (χ0) is 15.4. The molecule has 0 aromatic heterocycles. The molecule has 0 radical (unpaired) electrons. The molecule has 3 rings (SSSR count). The van der Waals surface area contributed by atoms with Crippen LogP contribution in [0.1, 0.15) is 0 Å². The Labute approximate surface area is 129 Å². The molecule has 0 aliphatic heterocycles. The van der Waals surface area contributed by atoms with Gasteiger partial charge in [-0.25, -0.2) is 0 Å². The summed E-state index contributed by atoms with van der Waals surface area (Å²) in [5, 5.41) is 0. The fourth-order valence-electron chi connectivity index (χ4n) is 2.48. The fraction of sp³-hybridized carbons (Fsp3) is 0. The molecule has 0 fully saturated rings. The molecule has 22 heavy (non-hydrogen) atoms.